The number of nitrogens with zero attached hydrogens (tertiary/aromatic N) is 2. The Morgan fingerprint density at radius 3 is 2.50 bits per heavy atom. The van der Waals surface area contributed by atoms with E-state index in [9.17, 15) is 9.59 Å². The van der Waals surface area contributed by atoms with Gasteiger partial charge in [-0.05, 0) is 52.7 Å². The summed E-state index contributed by atoms with van der Waals surface area (Å²) in [6.45, 7) is 8.06. The van der Waals surface area contributed by atoms with Crippen molar-refractivity contribution in [3.8, 4) is 0 Å². The molecule has 1 aliphatic heterocycles. The van der Waals surface area contributed by atoms with Gasteiger partial charge in [0, 0.05) is 19.1 Å². The van der Waals surface area contributed by atoms with Crippen molar-refractivity contribution in [1.82, 2.24) is 15.1 Å². The van der Waals surface area contributed by atoms with E-state index in [-0.39, 0.29) is 25.0 Å². The van der Waals surface area contributed by atoms with Crippen molar-refractivity contribution < 1.29 is 14.7 Å². The number of likely N-dealkylation sites (tertiary alicyclic amines) is 1. The molecule has 116 valence electrons. The minimum Gasteiger partial charge on any atom is -0.481 e. The van der Waals surface area contributed by atoms with E-state index < -0.39 is 5.97 Å². The minimum atomic E-state index is -0.877. The normalized spacial score (nSPS) is 15.6. The van der Waals surface area contributed by atoms with Gasteiger partial charge in [-0.3, -0.25) is 4.79 Å². The molecular formula is C14H27N3O3. The number of hydrogen-bond acceptors (Lipinski definition) is 3. The number of carbonyl (C=O) groups is 2. The van der Waals surface area contributed by atoms with Crippen molar-refractivity contribution >= 4 is 12.0 Å². The average molecular weight is 285 g/mol. The monoisotopic (exact) mass is 285 g/mol. The first-order valence-electron chi connectivity index (χ1n) is 7.49. The zero-order chi connectivity index (χ0) is 15.0. The lowest BCUT2D eigenvalue weighted by Crippen LogP contribution is -2.45. The van der Waals surface area contributed by atoms with Crippen LogP contribution in [0.3, 0.4) is 0 Å². The molecule has 0 radical (unpaired) electrons. The Hall–Kier alpha value is -1.30. The lowest BCUT2D eigenvalue weighted by Gasteiger charge is -2.26. The van der Waals surface area contributed by atoms with Gasteiger partial charge in [-0.1, -0.05) is 0 Å². The van der Waals surface area contributed by atoms with E-state index in [0.29, 0.717) is 6.54 Å². The zero-order valence-electron chi connectivity index (χ0n) is 12.6. The fourth-order valence-electron chi connectivity index (χ4n) is 2.42. The van der Waals surface area contributed by atoms with E-state index in [0.717, 1.165) is 13.0 Å². The molecule has 6 nitrogen and oxygen atoms in total. The zero-order valence-corrected chi connectivity index (χ0v) is 12.6. The molecule has 20 heavy (non-hydrogen) atoms. The maximum atomic E-state index is 12.0. The number of urea groups is 1. The topological polar surface area (TPSA) is 72.9 Å². The summed E-state index contributed by atoms with van der Waals surface area (Å²) in [5.74, 6) is -0.877. The molecule has 0 saturated carbocycles. The van der Waals surface area contributed by atoms with E-state index >= 15 is 0 Å². The standard InChI is InChI=1S/C14H27N3O3/c1-12(2)17(11-6-13(18)19)14(20)15-7-5-10-16-8-3-4-9-16/h12H,3-11H2,1-2H3,(H,15,20)(H,18,19). The lowest BCUT2D eigenvalue weighted by atomic mass is 10.3. The summed E-state index contributed by atoms with van der Waals surface area (Å²) < 4.78 is 0. The third-order valence-corrected chi connectivity index (χ3v) is 3.58. The van der Waals surface area contributed by atoms with Crippen LogP contribution in [0.2, 0.25) is 0 Å². The quantitative estimate of drug-likeness (QED) is 0.661. The summed E-state index contributed by atoms with van der Waals surface area (Å²) >= 11 is 0. The molecule has 1 heterocycles. The summed E-state index contributed by atoms with van der Waals surface area (Å²) in [5.41, 5.74) is 0. The molecule has 2 amide bonds. The molecule has 0 atom stereocenters. The van der Waals surface area contributed by atoms with Gasteiger partial charge < -0.3 is 20.2 Å². The molecule has 0 bridgehead atoms. The van der Waals surface area contributed by atoms with Crippen molar-refractivity contribution in [3.63, 3.8) is 0 Å². The van der Waals surface area contributed by atoms with E-state index in [2.05, 4.69) is 10.2 Å². The average Bonchev–Trinajstić information content (AvgIpc) is 2.87. The van der Waals surface area contributed by atoms with Gasteiger partial charge in [0.25, 0.3) is 0 Å². The maximum absolute atomic E-state index is 12.0. The van der Waals surface area contributed by atoms with Gasteiger partial charge >= 0.3 is 12.0 Å². The van der Waals surface area contributed by atoms with Gasteiger partial charge in [0.2, 0.25) is 0 Å². The second-order valence-corrected chi connectivity index (χ2v) is 5.57. The molecular weight excluding hydrogens is 258 g/mol. The van der Waals surface area contributed by atoms with Crippen LogP contribution in [0.5, 0.6) is 0 Å². The van der Waals surface area contributed by atoms with Crippen molar-refractivity contribution in [2.45, 2.75) is 45.6 Å². The van der Waals surface area contributed by atoms with Crippen molar-refractivity contribution in [1.29, 1.82) is 0 Å². The minimum absolute atomic E-state index is 0.00734. The summed E-state index contributed by atoms with van der Waals surface area (Å²) in [6.07, 6.45) is 3.49. The van der Waals surface area contributed by atoms with Crippen LogP contribution in [-0.4, -0.2) is 65.7 Å². The second kappa shape index (κ2) is 8.79. The Kier molecular flexibility index (Phi) is 7.36. The highest BCUT2D eigenvalue weighted by Gasteiger charge is 2.17. The number of carboxylic acid groups (broad SMARTS) is 1. The molecule has 1 rings (SSSR count). The number of hydrogen-bond donors (Lipinski definition) is 2. The first-order chi connectivity index (χ1) is 9.50. The molecule has 0 aromatic carbocycles. The highest BCUT2D eigenvalue weighted by Crippen LogP contribution is 2.07. The Balaban J connectivity index is 2.21. The van der Waals surface area contributed by atoms with Crippen LogP contribution in [0.4, 0.5) is 4.79 Å². The van der Waals surface area contributed by atoms with Gasteiger partial charge in [0.15, 0.2) is 0 Å². The van der Waals surface area contributed by atoms with Crippen molar-refractivity contribution in [2.24, 2.45) is 0 Å². The Morgan fingerprint density at radius 1 is 1.30 bits per heavy atom. The molecule has 0 spiro atoms. The van der Waals surface area contributed by atoms with Gasteiger partial charge in [-0.2, -0.15) is 0 Å². The van der Waals surface area contributed by atoms with Crippen LogP contribution in [0.1, 0.15) is 39.5 Å². The number of nitrogens with one attached hydrogen (secondary N) is 1. The number of amides is 2. The van der Waals surface area contributed by atoms with Crippen LogP contribution in [0, 0.1) is 0 Å². The fourth-order valence-corrected chi connectivity index (χ4v) is 2.42. The molecule has 0 aromatic rings. The number of rotatable bonds is 8. The third kappa shape index (κ3) is 6.23. The molecule has 2 N–H and O–H groups in total. The first-order valence-corrected chi connectivity index (χ1v) is 7.49. The Labute approximate surface area is 121 Å². The second-order valence-electron chi connectivity index (χ2n) is 5.57. The first kappa shape index (κ1) is 16.8. The summed E-state index contributed by atoms with van der Waals surface area (Å²) in [4.78, 5) is 26.6. The van der Waals surface area contributed by atoms with E-state index in [1.165, 1.54) is 25.9 Å². The summed E-state index contributed by atoms with van der Waals surface area (Å²) in [6, 6.07) is -0.157. The smallest absolute Gasteiger partial charge is 0.317 e. The van der Waals surface area contributed by atoms with E-state index in [1.54, 1.807) is 4.90 Å². The van der Waals surface area contributed by atoms with Crippen molar-refractivity contribution in [3.05, 3.63) is 0 Å². The predicted octanol–water partition coefficient (Wildman–Crippen LogP) is 1.37. The predicted molar refractivity (Wildman–Crippen MR) is 77.8 cm³/mol. The lowest BCUT2D eigenvalue weighted by molar-refractivity contribution is -0.137. The number of carboxylic acids is 1. The third-order valence-electron chi connectivity index (χ3n) is 3.58. The number of aliphatic carboxylic acids is 1. The molecule has 1 fully saturated rings. The fraction of sp³-hybridized carbons (Fsp3) is 0.857. The molecule has 0 aromatic heterocycles. The Bertz CT molecular complexity index is 315. The summed E-state index contributed by atoms with van der Waals surface area (Å²) in [7, 11) is 0. The van der Waals surface area contributed by atoms with Crippen molar-refractivity contribution in [2.75, 3.05) is 32.7 Å². The Morgan fingerprint density at radius 2 is 1.95 bits per heavy atom. The highest BCUT2D eigenvalue weighted by molar-refractivity contribution is 5.75. The van der Waals surface area contributed by atoms with E-state index in [4.69, 9.17) is 5.11 Å². The molecule has 0 unspecified atom stereocenters. The molecule has 0 aliphatic carbocycles. The summed E-state index contributed by atoms with van der Waals surface area (Å²) in [5, 5.41) is 11.6. The van der Waals surface area contributed by atoms with Crippen LogP contribution in [0.15, 0.2) is 0 Å². The van der Waals surface area contributed by atoms with Crippen LogP contribution in [0.25, 0.3) is 0 Å². The number of carbonyl (C=O) groups excluding carboxylic acids is 1. The van der Waals surface area contributed by atoms with Crippen LogP contribution >= 0.6 is 0 Å². The largest absolute Gasteiger partial charge is 0.481 e. The maximum Gasteiger partial charge on any atom is 0.317 e. The van der Waals surface area contributed by atoms with Gasteiger partial charge in [0.05, 0.1) is 6.42 Å². The van der Waals surface area contributed by atoms with Gasteiger partial charge in [-0.15, -0.1) is 0 Å². The van der Waals surface area contributed by atoms with Gasteiger partial charge in [0.1, 0.15) is 0 Å². The van der Waals surface area contributed by atoms with Crippen LogP contribution in [-0.2, 0) is 4.79 Å². The molecule has 1 aliphatic rings. The molecule has 1 saturated heterocycles. The highest BCUT2D eigenvalue weighted by atomic mass is 16.4. The molecule has 6 heteroatoms. The van der Waals surface area contributed by atoms with E-state index in [1.807, 2.05) is 13.8 Å². The SMILES string of the molecule is CC(C)N(CCC(=O)O)C(=O)NCCCN1CCCC1. The van der Waals surface area contributed by atoms with Crippen LogP contribution < -0.4 is 5.32 Å². The van der Waals surface area contributed by atoms with Gasteiger partial charge in [-0.25, -0.2) is 4.79 Å².